The normalized spacial score (nSPS) is 31.6. The number of carbonyl (C=O) groups excluding carboxylic acids is 2. The molecule has 1 spiro atoms. The van der Waals surface area contributed by atoms with Crippen LogP contribution in [0.5, 0.6) is 0 Å². The Bertz CT molecular complexity index is 400. The fourth-order valence-electron chi connectivity index (χ4n) is 3.29. The molecule has 0 aromatic carbocycles. The van der Waals surface area contributed by atoms with Crippen molar-refractivity contribution in [3.8, 4) is 0 Å². The van der Waals surface area contributed by atoms with E-state index in [0.29, 0.717) is 26.0 Å². The van der Waals surface area contributed by atoms with Crippen LogP contribution >= 0.6 is 0 Å². The van der Waals surface area contributed by atoms with Gasteiger partial charge in [-0.1, -0.05) is 6.92 Å². The minimum absolute atomic E-state index is 0.0463. The van der Waals surface area contributed by atoms with Crippen molar-refractivity contribution in [2.45, 2.75) is 38.0 Å². The molecular formula is C12H18N2O5. The van der Waals surface area contributed by atoms with Gasteiger partial charge in [0.15, 0.2) is 5.72 Å². The van der Waals surface area contributed by atoms with Crippen LogP contribution in [-0.2, 0) is 19.1 Å². The van der Waals surface area contributed by atoms with Gasteiger partial charge in [0.25, 0.3) is 6.47 Å². The third-order valence-corrected chi connectivity index (χ3v) is 4.02. The molecule has 3 aliphatic heterocycles. The van der Waals surface area contributed by atoms with Gasteiger partial charge in [-0.25, -0.2) is 0 Å². The second-order valence-corrected chi connectivity index (χ2v) is 4.75. The summed E-state index contributed by atoms with van der Waals surface area (Å²) in [4.78, 5) is 35.6. The quantitative estimate of drug-likeness (QED) is 0.658. The van der Waals surface area contributed by atoms with E-state index in [1.165, 1.54) is 0 Å². The Labute approximate surface area is 111 Å². The minimum Gasteiger partial charge on any atom is -0.483 e. The molecule has 3 heterocycles. The fourth-order valence-corrected chi connectivity index (χ4v) is 3.29. The highest BCUT2D eigenvalue weighted by Crippen LogP contribution is 2.45. The Hall–Kier alpha value is -1.63. The zero-order valence-electron chi connectivity index (χ0n) is 10.9. The Morgan fingerprint density at radius 3 is 2.89 bits per heavy atom. The van der Waals surface area contributed by atoms with Crippen LogP contribution in [0.4, 0.5) is 0 Å². The zero-order chi connectivity index (χ0) is 14.0. The van der Waals surface area contributed by atoms with Gasteiger partial charge in [-0.2, -0.15) is 0 Å². The number of carbonyl (C=O) groups is 3. The van der Waals surface area contributed by atoms with E-state index in [1.807, 2.05) is 16.7 Å². The minimum atomic E-state index is -0.470. The largest absolute Gasteiger partial charge is 0.483 e. The molecule has 2 amide bonds. The molecule has 0 bridgehead atoms. The summed E-state index contributed by atoms with van der Waals surface area (Å²) < 4.78 is 5.79. The molecule has 1 N–H and O–H groups in total. The highest BCUT2D eigenvalue weighted by molar-refractivity contribution is 5.84. The molecule has 7 heteroatoms. The van der Waals surface area contributed by atoms with Gasteiger partial charge in [-0.05, 0) is 0 Å². The van der Waals surface area contributed by atoms with Crippen molar-refractivity contribution in [1.82, 2.24) is 9.80 Å². The molecule has 0 aliphatic carbocycles. The van der Waals surface area contributed by atoms with Crippen LogP contribution in [0.1, 0.15) is 26.2 Å². The van der Waals surface area contributed by atoms with Crippen LogP contribution in [0, 0.1) is 0 Å². The number of carboxylic acid groups (broad SMARTS) is 1. The number of hydrogen-bond donors (Lipinski definition) is 1. The van der Waals surface area contributed by atoms with Gasteiger partial charge in [0.1, 0.15) is 0 Å². The lowest BCUT2D eigenvalue weighted by molar-refractivity contribution is -0.139. The standard InChI is InChI=1S/C11H16N2O3.CH2O2/c1-2-9(14)12-4-3-11-8(12)7-10(15)13(11)5-6-16-11;2-1-3/h8H,2-7H2,1H3;1H,(H,2,3)/t8-,11+;/m1./s1. The second-order valence-electron chi connectivity index (χ2n) is 4.75. The topological polar surface area (TPSA) is 87.2 Å². The van der Waals surface area contributed by atoms with E-state index in [2.05, 4.69) is 0 Å². The van der Waals surface area contributed by atoms with Crippen molar-refractivity contribution in [1.29, 1.82) is 0 Å². The van der Waals surface area contributed by atoms with E-state index in [-0.39, 0.29) is 24.3 Å². The molecule has 3 saturated heterocycles. The average Bonchev–Trinajstić information content (AvgIpc) is 3.01. The first-order chi connectivity index (χ1) is 9.10. The van der Waals surface area contributed by atoms with Crippen molar-refractivity contribution < 1.29 is 24.2 Å². The summed E-state index contributed by atoms with van der Waals surface area (Å²) in [5.41, 5.74) is -0.470. The van der Waals surface area contributed by atoms with Gasteiger partial charge in [0.2, 0.25) is 11.8 Å². The summed E-state index contributed by atoms with van der Waals surface area (Å²) in [6.07, 6.45) is 1.71. The maximum absolute atomic E-state index is 11.8. The Morgan fingerprint density at radius 2 is 2.26 bits per heavy atom. The molecule has 19 heavy (non-hydrogen) atoms. The average molecular weight is 270 g/mol. The van der Waals surface area contributed by atoms with Crippen molar-refractivity contribution in [3.05, 3.63) is 0 Å². The first-order valence-electron chi connectivity index (χ1n) is 6.42. The SMILES string of the molecule is CCC(=O)N1CC[C@@]23OCCN2C(=O)C[C@@H]13.O=CO. The predicted octanol–water partition coefficient (Wildman–Crippen LogP) is -0.343. The first kappa shape index (κ1) is 13.8. The molecule has 3 aliphatic rings. The van der Waals surface area contributed by atoms with Gasteiger partial charge in [-0.15, -0.1) is 0 Å². The molecule has 0 unspecified atom stereocenters. The van der Waals surface area contributed by atoms with Crippen molar-refractivity contribution in [2.24, 2.45) is 0 Å². The van der Waals surface area contributed by atoms with Crippen LogP contribution in [0.2, 0.25) is 0 Å². The molecule has 3 rings (SSSR count). The molecule has 0 aromatic heterocycles. The van der Waals surface area contributed by atoms with Crippen LogP contribution in [0.15, 0.2) is 0 Å². The van der Waals surface area contributed by atoms with E-state index in [0.717, 1.165) is 13.0 Å². The van der Waals surface area contributed by atoms with Crippen LogP contribution in [0.3, 0.4) is 0 Å². The maximum Gasteiger partial charge on any atom is 0.290 e. The maximum atomic E-state index is 11.8. The Kier molecular flexibility index (Phi) is 3.75. The predicted molar refractivity (Wildman–Crippen MR) is 64.1 cm³/mol. The molecule has 0 saturated carbocycles. The third-order valence-electron chi connectivity index (χ3n) is 4.02. The molecular weight excluding hydrogens is 252 g/mol. The molecule has 106 valence electrons. The number of rotatable bonds is 1. The zero-order valence-corrected chi connectivity index (χ0v) is 10.9. The van der Waals surface area contributed by atoms with Crippen molar-refractivity contribution in [2.75, 3.05) is 19.7 Å². The number of hydrogen-bond acceptors (Lipinski definition) is 4. The molecule has 0 radical (unpaired) electrons. The second kappa shape index (κ2) is 5.16. The van der Waals surface area contributed by atoms with E-state index in [1.54, 1.807) is 0 Å². The van der Waals surface area contributed by atoms with Gasteiger partial charge < -0.3 is 19.6 Å². The molecule has 3 fully saturated rings. The summed E-state index contributed by atoms with van der Waals surface area (Å²) in [6, 6.07) is -0.0463. The summed E-state index contributed by atoms with van der Waals surface area (Å²) in [5.74, 6) is 0.267. The highest BCUT2D eigenvalue weighted by Gasteiger charge is 2.62. The van der Waals surface area contributed by atoms with Crippen LogP contribution in [0.25, 0.3) is 0 Å². The van der Waals surface area contributed by atoms with E-state index >= 15 is 0 Å². The van der Waals surface area contributed by atoms with Gasteiger partial charge in [-0.3, -0.25) is 14.4 Å². The number of ether oxygens (including phenoxy) is 1. The van der Waals surface area contributed by atoms with Crippen molar-refractivity contribution >= 4 is 18.3 Å². The van der Waals surface area contributed by atoms with Crippen LogP contribution < -0.4 is 0 Å². The van der Waals surface area contributed by atoms with E-state index in [9.17, 15) is 9.59 Å². The third kappa shape index (κ3) is 1.98. The van der Waals surface area contributed by atoms with Gasteiger partial charge in [0.05, 0.1) is 19.1 Å². The summed E-state index contributed by atoms with van der Waals surface area (Å²) >= 11 is 0. The summed E-state index contributed by atoms with van der Waals surface area (Å²) in [5, 5.41) is 6.89. The summed E-state index contributed by atoms with van der Waals surface area (Å²) in [7, 11) is 0. The molecule has 7 nitrogen and oxygen atoms in total. The highest BCUT2D eigenvalue weighted by atomic mass is 16.5. The lowest BCUT2D eigenvalue weighted by Crippen LogP contribution is -2.48. The van der Waals surface area contributed by atoms with E-state index in [4.69, 9.17) is 14.6 Å². The van der Waals surface area contributed by atoms with Crippen molar-refractivity contribution in [3.63, 3.8) is 0 Å². The lowest BCUT2D eigenvalue weighted by Gasteiger charge is -2.31. The number of nitrogens with zero attached hydrogens (tertiary/aromatic N) is 2. The summed E-state index contributed by atoms with van der Waals surface area (Å²) in [6.45, 7) is 3.62. The Morgan fingerprint density at radius 1 is 1.58 bits per heavy atom. The van der Waals surface area contributed by atoms with Gasteiger partial charge in [0, 0.05) is 25.9 Å². The number of likely N-dealkylation sites (tertiary alicyclic amines) is 1. The molecule has 0 aromatic rings. The number of amides is 2. The van der Waals surface area contributed by atoms with Crippen LogP contribution in [-0.4, -0.2) is 64.7 Å². The Balaban J connectivity index is 0.000000408. The fraction of sp³-hybridized carbons (Fsp3) is 0.750. The first-order valence-corrected chi connectivity index (χ1v) is 6.42. The monoisotopic (exact) mass is 270 g/mol. The lowest BCUT2D eigenvalue weighted by atomic mass is 10.1. The van der Waals surface area contributed by atoms with Gasteiger partial charge >= 0.3 is 0 Å². The van der Waals surface area contributed by atoms with E-state index < -0.39 is 5.72 Å². The smallest absolute Gasteiger partial charge is 0.290 e. The molecule has 2 atom stereocenters.